The first kappa shape index (κ1) is 11.0. The highest BCUT2D eigenvalue weighted by molar-refractivity contribution is 9.11. The summed E-state index contributed by atoms with van der Waals surface area (Å²) in [4.78, 5) is 0. The van der Waals surface area contributed by atoms with Crippen LogP contribution < -0.4 is 0 Å². The van der Waals surface area contributed by atoms with Gasteiger partial charge in [-0.2, -0.15) is 4.68 Å². The molecule has 1 aromatic heterocycles. The number of alkyl halides is 1. The molecule has 2 rings (SSSR count). The number of aromatic nitrogens is 4. The zero-order valence-electron chi connectivity index (χ0n) is 7.36. The Morgan fingerprint density at radius 2 is 2.13 bits per heavy atom. The van der Waals surface area contributed by atoms with E-state index in [0.29, 0.717) is 5.82 Å². The second kappa shape index (κ2) is 4.59. The molecule has 0 aliphatic carbocycles. The number of tetrazole rings is 1. The molecule has 1 heterocycles. The number of hydrogen-bond acceptors (Lipinski definition) is 3. The van der Waals surface area contributed by atoms with E-state index in [4.69, 9.17) is 11.6 Å². The molecular formula is C8H5Br2ClN4. The normalized spacial score (nSPS) is 10.6. The summed E-state index contributed by atoms with van der Waals surface area (Å²) in [6, 6.07) is 5.76. The van der Waals surface area contributed by atoms with Crippen LogP contribution in [-0.2, 0) is 5.88 Å². The molecule has 0 bridgehead atoms. The van der Waals surface area contributed by atoms with E-state index in [1.54, 1.807) is 4.68 Å². The average molecular weight is 352 g/mol. The smallest absolute Gasteiger partial charge is 0.171 e. The minimum absolute atomic E-state index is 0.270. The lowest BCUT2D eigenvalue weighted by molar-refractivity contribution is 0.774. The zero-order chi connectivity index (χ0) is 10.8. The van der Waals surface area contributed by atoms with Crippen molar-refractivity contribution < 1.29 is 0 Å². The molecule has 0 atom stereocenters. The maximum Gasteiger partial charge on any atom is 0.171 e. The SMILES string of the molecule is ClCc1nnnn1-c1cc(Br)ccc1Br. The molecule has 0 saturated heterocycles. The van der Waals surface area contributed by atoms with E-state index >= 15 is 0 Å². The average Bonchev–Trinajstić information content (AvgIpc) is 2.69. The van der Waals surface area contributed by atoms with Crippen molar-refractivity contribution in [3.05, 3.63) is 33.0 Å². The van der Waals surface area contributed by atoms with Gasteiger partial charge in [0.25, 0.3) is 0 Å². The summed E-state index contributed by atoms with van der Waals surface area (Å²) in [5.74, 6) is 0.877. The summed E-state index contributed by atoms with van der Waals surface area (Å²) in [7, 11) is 0. The minimum atomic E-state index is 0.270. The third-order valence-electron chi connectivity index (χ3n) is 1.79. The first-order chi connectivity index (χ1) is 7.22. The Hall–Kier alpha value is -0.460. The number of benzene rings is 1. The van der Waals surface area contributed by atoms with Gasteiger partial charge in [0, 0.05) is 8.95 Å². The van der Waals surface area contributed by atoms with E-state index in [0.717, 1.165) is 14.6 Å². The predicted octanol–water partition coefficient (Wildman–Crippen LogP) is 2.93. The summed E-state index contributed by atoms with van der Waals surface area (Å²) in [5.41, 5.74) is 0.852. The fraction of sp³-hybridized carbons (Fsp3) is 0.125. The number of rotatable bonds is 2. The van der Waals surface area contributed by atoms with Crippen molar-refractivity contribution in [2.45, 2.75) is 5.88 Å². The molecular weight excluding hydrogens is 347 g/mol. The highest BCUT2D eigenvalue weighted by Crippen LogP contribution is 2.25. The lowest BCUT2D eigenvalue weighted by Gasteiger charge is -2.05. The van der Waals surface area contributed by atoms with E-state index in [2.05, 4.69) is 47.4 Å². The Labute approximate surface area is 108 Å². The summed E-state index contributed by atoms with van der Waals surface area (Å²) in [5, 5.41) is 11.3. The minimum Gasteiger partial charge on any atom is -0.195 e. The van der Waals surface area contributed by atoms with Gasteiger partial charge in [-0.25, -0.2) is 0 Å². The quantitative estimate of drug-likeness (QED) is 0.781. The van der Waals surface area contributed by atoms with Crippen LogP contribution in [0.2, 0.25) is 0 Å². The van der Waals surface area contributed by atoms with Gasteiger partial charge < -0.3 is 0 Å². The standard InChI is InChI=1S/C8H5Br2ClN4/c9-5-1-2-6(10)7(3-5)15-8(4-11)12-13-14-15/h1-3H,4H2. The highest BCUT2D eigenvalue weighted by atomic mass is 79.9. The van der Waals surface area contributed by atoms with Gasteiger partial charge in [0.2, 0.25) is 0 Å². The summed E-state index contributed by atoms with van der Waals surface area (Å²) < 4.78 is 3.46. The largest absolute Gasteiger partial charge is 0.195 e. The number of halogens is 3. The third-order valence-corrected chi connectivity index (χ3v) is 3.19. The van der Waals surface area contributed by atoms with Crippen LogP contribution in [0.1, 0.15) is 5.82 Å². The van der Waals surface area contributed by atoms with Gasteiger partial charge in [0.05, 0.1) is 11.6 Å². The number of nitrogens with zero attached hydrogens (tertiary/aromatic N) is 4. The van der Waals surface area contributed by atoms with Crippen LogP contribution >= 0.6 is 43.5 Å². The van der Waals surface area contributed by atoms with Crippen molar-refractivity contribution >= 4 is 43.5 Å². The summed E-state index contributed by atoms with van der Waals surface area (Å²) in [6.45, 7) is 0. The molecule has 0 amide bonds. The molecule has 0 spiro atoms. The Morgan fingerprint density at radius 3 is 2.87 bits per heavy atom. The van der Waals surface area contributed by atoms with Gasteiger partial charge in [0.1, 0.15) is 0 Å². The first-order valence-electron chi connectivity index (χ1n) is 4.01. The molecule has 0 saturated carbocycles. The van der Waals surface area contributed by atoms with Crippen LogP contribution in [0.5, 0.6) is 0 Å². The van der Waals surface area contributed by atoms with Crippen molar-refractivity contribution in [1.82, 2.24) is 20.2 Å². The molecule has 15 heavy (non-hydrogen) atoms. The van der Waals surface area contributed by atoms with E-state index < -0.39 is 0 Å². The zero-order valence-corrected chi connectivity index (χ0v) is 11.3. The van der Waals surface area contributed by atoms with E-state index in [-0.39, 0.29) is 5.88 Å². The highest BCUT2D eigenvalue weighted by Gasteiger charge is 2.10. The lowest BCUT2D eigenvalue weighted by Crippen LogP contribution is -2.02. The molecule has 2 aromatic rings. The van der Waals surface area contributed by atoms with E-state index in [9.17, 15) is 0 Å². The molecule has 0 unspecified atom stereocenters. The lowest BCUT2D eigenvalue weighted by atomic mass is 10.3. The van der Waals surface area contributed by atoms with Crippen molar-refractivity contribution in [2.75, 3.05) is 0 Å². The molecule has 4 nitrogen and oxygen atoms in total. The first-order valence-corrected chi connectivity index (χ1v) is 6.13. The number of hydrogen-bond donors (Lipinski definition) is 0. The van der Waals surface area contributed by atoms with Crippen LogP contribution in [0.4, 0.5) is 0 Å². The van der Waals surface area contributed by atoms with Gasteiger partial charge in [0.15, 0.2) is 5.82 Å². The molecule has 0 radical (unpaired) electrons. The fourth-order valence-corrected chi connectivity index (χ4v) is 2.05. The maximum absolute atomic E-state index is 5.73. The predicted molar refractivity (Wildman–Crippen MR) is 64.1 cm³/mol. The van der Waals surface area contributed by atoms with Crippen LogP contribution in [0.3, 0.4) is 0 Å². The van der Waals surface area contributed by atoms with Gasteiger partial charge in [-0.05, 0) is 44.6 Å². The van der Waals surface area contributed by atoms with Crippen molar-refractivity contribution in [2.24, 2.45) is 0 Å². The summed E-state index contributed by atoms with van der Waals surface area (Å²) in [6.07, 6.45) is 0. The van der Waals surface area contributed by atoms with Crippen LogP contribution in [-0.4, -0.2) is 20.2 Å². The van der Waals surface area contributed by atoms with Crippen LogP contribution in [0.25, 0.3) is 5.69 Å². The van der Waals surface area contributed by atoms with Gasteiger partial charge >= 0.3 is 0 Å². The Balaban J connectivity index is 2.58. The van der Waals surface area contributed by atoms with Gasteiger partial charge in [-0.3, -0.25) is 0 Å². The Kier molecular flexibility index (Phi) is 3.38. The molecule has 0 aliphatic heterocycles. The van der Waals surface area contributed by atoms with Crippen LogP contribution in [0, 0.1) is 0 Å². The van der Waals surface area contributed by atoms with E-state index in [1.165, 1.54) is 0 Å². The molecule has 0 N–H and O–H groups in total. The van der Waals surface area contributed by atoms with Crippen LogP contribution in [0.15, 0.2) is 27.1 Å². The molecule has 0 fully saturated rings. The second-order valence-corrected chi connectivity index (χ2v) is 4.77. The van der Waals surface area contributed by atoms with Gasteiger partial charge in [-0.1, -0.05) is 15.9 Å². The van der Waals surface area contributed by atoms with Gasteiger partial charge in [-0.15, -0.1) is 16.7 Å². The molecule has 78 valence electrons. The van der Waals surface area contributed by atoms with Crippen molar-refractivity contribution in [1.29, 1.82) is 0 Å². The maximum atomic E-state index is 5.73. The molecule has 7 heteroatoms. The molecule has 0 aliphatic rings. The Bertz CT molecular complexity index is 485. The van der Waals surface area contributed by atoms with E-state index in [1.807, 2.05) is 18.2 Å². The fourth-order valence-electron chi connectivity index (χ4n) is 1.12. The second-order valence-electron chi connectivity index (χ2n) is 2.74. The topological polar surface area (TPSA) is 43.6 Å². The van der Waals surface area contributed by atoms with Crippen molar-refractivity contribution in [3.63, 3.8) is 0 Å². The monoisotopic (exact) mass is 350 g/mol. The summed E-state index contributed by atoms with van der Waals surface area (Å²) >= 11 is 12.6. The third kappa shape index (κ3) is 2.21. The Morgan fingerprint density at radius 1 is 1.33 bits per heavy atom. The van der Waals surface area contributed by atoms with Crippen molar-refractivity contribution in [3.8, 4) is 5.69 Å². The molecule has 1 aromatic carbocycles.